The van der Waals surface area contributed by atoms with Crippen molar-refractivity contribution in [2.45, 2.75) is 96.3 Å². The van der Waals surface area contributed by atoms with Gasteiger partial charge in [0.25, 0.3) is 0 Å². The van der Waals surface area contributed by atoms with E-state index in [0.29, 0.717) is 6.42 Å². The number of hydrogen-bond acceptors (Lipinski definition) is 4. The molecule has 0 aromatic heterocycles. The molecule has 0 fully saturated rings. The van der Waals surface area contributed by atoms with Gasteiger partial charge >= 0.3 is 190 Å². The van der Waals surface area contributed by atoms with E-state index in [-0.39, 0.29) is 12.8 Å². The van der Waals surface area contributed by atoms with Gasteiger partial charge in [-0.25, -0.2) is 0 Å². The Balaban J connectivity index is 5.84. The Morgan fingerprint density at radius 3 is 1.70 bits per heavy atom. The molecule has 0 aliphatic rings. The van der Waals surface area contributed by atoms with Crippen LogP contribution in [-0.4, -0.2) is 44.5 Å². The van der Waals surface area contributed by atoms with E-state index in [9.17, 15) is 9.59 Å². The molecule has 0 saturated carbocycles. The summed E-state index contributed by atoms with van der Waals surface area (Å²) in [6.45, 7) is 11.1. The van der Waals surface area contributed by atoms with Gasteiger partial charge in [0.1, 0.15) is 0 Å². The van der Waals surface area contributed by atoms with Crippen molar-refractivity contribution in [2.75, 3.05) is 14.2 Å². The molecule has 0 heterocycles. The van der Waals surface area contributed by atoms with Crippen LogP contribution in [0.1, 0.15) is 78.6 Å². The summed E-state index contributed by atoms with van der Waals surface area (Å²) in [6, 6.07) is 0. The van der Waals surface area contributed by atoms with E-state index in [1.807, 2.05) is 0 Å². The predicted molar refractivity (Wildman–Crippen MR) is 128 cm³/mol. The Hall–Kier alpha value is -0.961. The fraction of sp³-hybridized carbons (Fsp3) is 0.760. The van der Waals surface area contributed by atoms with Gasteiger partial charge in [-0.2, -0.15) is 0 Å². The summed E-state index contributed by atoms with van der Waals surface area (Å²) in [7, 11) is 2.62. The number of rotatable bonds is 17. The topological polar surface area (TPSA) is 52.6 Å². The first-order chi connectivity index (χ1) is 14.3. The first kappa shape index (κ1) is 29.0. The Morgan fingerprint density at radius 1 is 0.933 bits per heavy atom. The van der Waals surface area contributed by atoms with Crippen LogP contribution in [0.15, 0.2) is 12.2 Å². The molecule has 0 bridgehead atoms. The summed E-state index contributed by atoms with van der Waals surface area (Å²) in [5, 5.41) is 0. The van der Waals surface area contributed by atoms with Crippen LogP contribution < -0.4 is 0 Å². The van der Waals surface area contributed by atoms with Crippen LogP contribution in [0, 0.1) is 17.8 Å². The third kappa shape index (κ3) is 9.04. The van der Waals surface area contributed by atoms with Crippen molar-refractivity contribution >= 4 is 30.3 Å². The maximum atomic E-state index is 12.7. The second-order valence-corrected chi connectivity index (χ2v) is 22.5. The molecule has 0 aliphatic carbocycles. The number of carbonyl (C=O) groups excluding carboxylic acids is 2. The molecular formula is C25H44O4Sn. The van der Waals surface area contributed by atoms with E-state index in [1.54, 1.807) is 0 Å². The molecule has 0 rings (SSSR count). The van der Waals surface area contributed by atoms with Gasteiger partial charge in [0.2, 0.25) is 0 Å². The van der Waals surface area contributed by atoms with E-state index in [1.165, 1.54) is 66.1 Å². The number of carbonyl (C=O) groups is 2. The second kappa shape index (κ2) is 15.8. The molecule has 5 heteroatoms. The zero-order valence-electron chi connectivity index (χ0n) is 20.1. The Morgan fingerprint density at radius 2 is 1.37 bits per heavy atom. The van der Waals surface area contributed by atoms with Crippen LogP contribution in [0.5, 0.6) is 0 Å². The standard InChI is InChI=1S/C13H17O4.3C4H9.Sn/c1-6-7-8-13(9-10(2)3,11(14)16-4)12(15)17-5;3*1-3-4-2;/h1H,2-3,7-9H2,4-5H3;3*1,3-4H2,2H3;. The molecule has 172 valence electrons. The van der Waals surface area contributed by atoms with E-state index in [4.69, 9.17) is 15.9 Å². The molecule has 0 saturated heterocycles. The minimum atomic E-state index is -2.49. The van der Waals surface area contributed by atoms with Crippen LogP contribution >= 0.6 is 0 Å². The zero-order chi connectivity index (χ0) is 23.0. The first-order valence-corrected chi connectivity index (χ1v) is 19.7. The van der Waals surface area contributed by atoms with Crippen LogP contribution in [0.3, 0.4) is 0 Å². The molecule has 0 N–H and O–H groups in total. The Kier molecular flexibility index (Phi) is 15.3. The number of terminal acetylenes is 1. The fourth-order valence-electron chi connectivity index (χ4n) is 4.51. The molecule has 0 spiro atoms. The monoisotopic (exact) mass is 528 g/mol. The van der Waals surface area contributed by atoms with Crippen molar-refractivity contribution in [3.63, 3.8) is 0 Å². The van der Waals surface area contributed by atoms with Gasteiger partial charge in [-0.1, -0.05) is 0 Å². The van der Waals surface area contributed by atoms with Crippen LogP contribution in [0.25, 0.3) is 0 Å². The van der Waals surface area contributed by atoms with Gasteiger partial charge in [-0.15, -0.1) is 0 Å². The molecule has 0 atom stereocenters. The molecular weight excluding hydrogens is 483 g/mol. The van der Waals surface area contributed by atoms with Crippen LogP contribution in [0.2, 0.25) is 17.7 Å². The summed E-state index contributed by atoms with van der Waals surface area (Å²) in [5.41, 5.74) is -0.382. The molecule has 0 amide bonds. The van der Waals surface area contributed by atoms with Crippen LogP contribution in [-0.2, 0) is 19.1 Å². The van der Waals surface area contributed by atoms with Crippen molar-refractivity contribution in [3.8, 4) is 12.3 Å². The Labute approximate surface area is 189 Å². The number of allylic oxidation sites excluding steroid dienone is 1. The van der Waals surface area contributed by atoms with E-state index in [2.05, 4.69) is 33.3 Å². The number of ether oxygens (including phenoxy) is 2. The van der Waals surface area contributed by atoms with E-state index >= 15 is 0 Å². The predicted octanol–water partition coefficient (Wildman–Crippen LogP) is 6.53. The third-order valence-corrected chi connectivity index (χ3v) is 21.9. The number of methoxy groups -OCH3 is 2. The van der Waals surface area contributed by atoms with E-state index in [0.717, 1.165) is 10.0 Å². The van der Waals surface area contributed by atoms with Gasteiger partial charge in [0, 0.05) is 0 Å². The van der Waals surface area contributed by atoms with Crippen molar-refractivity contribution in [1.29, 1.82) is 0 Å². The molecule has 0 radical (unpaired) electrons. The molecule has 0 unspecified atom stereocenters. The number of unbranched alkanes of at least 4 members (excludes halogenated alkanes) is 3. The van der Waals surface area contributed by atoms with Crippen molar-refractivity contribution in [3.05, 3.63) is 12.2 Å². The van der Waals surface area contributed by atoms with Gasteiger partial charge in [0.05, 0.1) is 0 Å². The first-order valence-electron chi connectivity index (χ1n) is 11.6. The number of hydrogen-bond donors (Lipinski definition) is 0. The van der Waals surface area contributed by atoms with Crippen molar-refractivity contribution < 1.29 is 19.1 Å². The minimum absolute atomic E-state index is 0.225. The summed E-state index contributed by atoms with van der Waals surface area (Å²) < 4.78 is 15.2. The van der Waals surface area contributed by atoms with Gasteiger partial charge < -0.3 is 0 Å². The van der Waals surface area contributed by atoms with Gasteiger partial charge in [-0.3, -0.25) is 0 Å². The summed E-state index contributed by atoms with van der Waals surface area (Å²) in [5.74, 6) is 1.42. The summed E-state index contributed by atoms with van der Waals surface area (Å²) in [6.07, 6.45) is 13.7. The zero-order valence-corrected chi connectivity index (χ0v) is 23.0. The average Bonchev–Trinajstić information content (AvgIpc) is 2.76. The van der Waals surface area contributed by atoms with Crippen LogP contribution in [0.4, 0.5) is 0 Å². The van der Waals surface area contributed by atoms with Gasteiger partial charge in [-0.05, 0) is 0 Å². The molecule has 30 heavy (non-hydrogen) atoms. The van der Waals surface area contributed by atoms with E-state index < -0.39 is 35.7 Å². The summed E-state index contributed by atoms with van der Waals surface area (Å²) in [4.78, 5) is 25.5. The fourth-order valence-corrected chi connectivity index (χ4v) is 21.0. The molecule has 0 aromatic rings. The number of esters is 2. The molecule has 0 aromatic carbocycles. The van der Waals surface area contributed by atoms with Crippen molar-refractivity contribution in [1.82, 2.24) is 0 Å². The SMILES string of the molecule is C#CCCC(CC(=C)[CH2][Sn]([CH2]CCC)([CH2]CCC)[CH2]CCC)(C(=O)OC)C(=O)OC. The molecule has 4 nitrogen and oxygen atoms in total. The second-order valence-electron chi connectivity index (χ2n) is 8.68. The third-order valence-electron chi connectivity index (χ3n) is 6.21. The van der Waals surface area contributed by atoms with Crippen molar-refractivity contribution in [2.24, 2.45) is 5.41 Å². The summed E-state index contributed by atoms with van der Waals surface area (Å²) >= 11 is -2.49. The average molecular weight is 527 g/mol. The maximum absolute atomic E-state index is 12.7. The molecule has 0 aliphatic heterocycles. The normalized spacial score (nSPS) is 11.6. The van der Waals surface area contributed by atoms with Gasteiger partial charge in [0.15, 0.2) is 0 Å². The quantitative estimate of drug-likeness (QED) is 0.0710. The Bertz CT molecular complexity index is 538.